The number of rotatable bonds is 8. The first-order valence-corrected chi connectivity index (χ1v) is 12.0. The third-order valence-electron chi connectivity index (χ3n) is 5.27. The summed E-state index contributed by atoms with van der Waals surface area (Å²) in [6, 6.07) is 0. The van der Waals surface area contributed by atoms with Crippen molar-refractivity contribution in [2.75, 3.05) is 0 Å². The molecule has 21 heavy (non-hydrogen) atoms. The topological polar surface area (TPSA) is 0 Å². The zero-order chi connectivity index (χ0) is 15.3. The highest BCUT2D eigenvalue weighted by Crippen LogP contribution is 2.48. The lowest BCUT2D eigenvalue weighted by atomic mass is 10.1. The summed E-state index contributed by atoms with van der Waals surface area (Å²) in [6.07, 6.45) is 22.3. The Balaban J connectivity index is 2.10. The summed E-state index contributed by atoms with van der Waals surface area (Å²) in [5.41, 5.74) is 4.93. The lowest BCUT2D eigenvalue weighted by Crippen LogP contribution is -2.37. The van der Waals surface area contributed by atoms with Gasteiger partial charge < -0.3 is 0 Å². The van der Waals surface area contributed by atoms with Gasteiger partial charge in [-0.05, 0) is 36.8 Å². The van der Waals surface area contributed by atoms with E-state index in [2.05, 4.69) is 63.4 Å². The van der Waals surface area contributed by atoms with Crippen LogP contribution in [0.1, 0.15) is 52.4 Å². The molecule has 0 amide bonds. The Morgan fingerprint density at radius 2 is 1.24 bits per heavy atom. The highest BCUT2D eigenvalue weighted by Gasteiger charge is 2.41. The number of hydrogen-bond acceptors (Lipinski definition) is 0. The van der Waals surface area contributed by atoms with Crippen LogP contribution in [-0.2, 0) is 0 Å². The number of unbranched alkanes of at least 4 members (excludes halogenated alkanes) is 2. The standard InChI is InChI=1S/C20H32Si/c1-5-7-11-17-13-9-15-19(17)21(3,4)20-16-10-14-18(20)12-8-6-2/h9-10,13-16,19-20H,5-8,11-12H2,1-4H3. The van der Waals surface area contributed by atoms with Crippen molar-refractivity contribution in [1.29, 1.82) is 0 Å². The fourth-order valence-corrected chi connectivity index (χ4v) is 7.91. The molecular formula is C20H32Si. The molecular weight excluding hydrogens is 268 g/mol. The summed E-state index contributed by atoms with van der Waals surface area (Å²) in [6.45, 7) is 9.80. The van der Waals surface area contributed by atoms with Crippen molar-refractivity contribution in [2.45, 2.75) is 76.5 Å². The van der Waals surface area contributed by atoms with Gasteiger partial charge in [-0.2, -0.15) is 0 Å². The molecule has 2 atom stereocenters. The van der Waals surface area contributed by atoms with E-state index in [1.54, 1.807) is 11.1 Å². The van der Waals surface area contributed by atoms with Gasteiger partial charge >= 0.3 is 0 Å². The van der Waals surface area contributed by atoms with Crippen molar-refractivity contribution in [3.05, 3.63) is 47.6 Å². The van der Waals surface area contributed by atoms with Gasteiger partial charge in [0, 0.05) is 0 Å². The summed E-state index contributed by atoms with van der Waals surface area (Å²) in [4.78, 5) is 0. The smallest absolute Gasteiger partial charge is 0.0706 e. The molecule has 0 nitrogen and oxygen atoms in total. The molecule has 0 aromatic rings. The van der Waals surface area contributed by atoms with Gasteiger partial charge in [0.25, 0.3) is 0 Å². The zero-order valence-corrected chi connectivity index (χ0v) is 15.4. The predicted molar refractivity (Wildman–Crippen MR) is 98.5 cm³/mol. The summed E-state index contributed by atoms with van der Waals surface area (Å²) < 4.78 is 0. The van der Waals surface area contributed by atoms with E-state index in [9.17, 15) is 0 Å². The Morgan fingerprint density at radius 3 is 1.62 bits per heavy atom. The van der Waals surface area contributed by atoms with Crippen molar-refractivity contribution in [3.63, 3.8) is 0 Å². The molecule has 0 saturated heterocycles. The Morgan fingerprint density at radius 1 is 0.810 bits per heavy atom. The third kappa shape index (κ3) is 3.69. The third-order valence-corrected chi connectivity index (χ3v) is 9.60. The molecule has 0 N–H and O–H groups in total. The van der Waals surface area contributed by atoms with Crippen molar-refractivity contribution in [3.8, 4) is 0 Å². The highest BCUT2D eigenvalue weighted by molar-refractivity contribution is 6.82. The normalized spacial score (nSPS) is 24.6. The van der Waals surface area contributed by atoms with E-state index in [0.717, 1.165) is 11.1 Å². The molecule has 2 aliphatic rings. The van der Waals surface area contributed by atoms with Crippen LogP contribution in [0.4, 0.5) is 0 Å². The lowest BCUT2D eigenvalue weighted by Gasteiger charge is -2.37. The van der Waals surface area contributed by atoms with Gasteiger partial charge in [-0.1, -0.05) is 87.4 Å². The molecule has 0 aromatic heterocycles. The molecule has 2 rings (SSSR count). The summed E-state index contributed by atoms with van der Waals surface area (Å²) in [5, 5.41) is 0. The second kappa shape index (κ2) is 7.44. The second-order valence-corrected chi connectivity index (χ2v) is 12.1. The fraction of sp³-hybridized carbons (Fsp3) is 0.600. The molecule has 2 aliphatic carbocycles. The molecule has 0 spiro atoms. The predicted octanol–water partition coefficient (Wildman–Crippen LogP) is 6.81. The average Bonchev–Trinajstić information content (AvgIpc) is 3.11. The van der Waals surface area contributed by atoms with Gasteiger partial charge in [-0.15, -0.1) is 0 Å². The minimum absolute atomic E-state index is 0.752. The molecule has 0 heterocycles. The SMILES string of the molecule is CCCCC1=CC=CC1[Si](C)(C)C1C=CC=C1CCCC. The van der Waals surface area contributed by atoms with Crippen LogP contribution in [0.5, 0.6) is 0 Å². The van der Waals surface area contributed by atoms with E-state index in [1.165, 1.54) is 38.5 Å². The first-order chi connectivity index (χ1) is 10.1. The Hall–Kier alpha value is -0.823. The van der Waals surface area contributed by atoms with E-state index < -0.39 is 8.07 Å². The molecule has 0 radical (unpaired) electrons. The van der Waals surface area contributed by atoms with Gasteiger partial charge in [0.15, 0.2) is 0 Å². The van der Waals surface area contributed by atoms with Crippen molar-refractivity contribution >= 4 is 8.07 Å². The van der Waals surface area contributed by atoms with Crippen LogP contribution in [0.2, 0.25) is 24.2 Å². The molecule has 0 saturated carbocycles. The first kappa shape index (κ1) is 16.5. The number of allylic oxidation sites excluding steroid dienone is 8. The summed E-state index contributed by atoms with van der Waals surface area (Å²) in [7, 11) is -1.37. The van der Waals surface area contributed by atoms with E-state index in [4.69, 9.17) is 0 Å². The van der Waals surface area contributed by atoms with Crippen LogP contribution in [0.25, 0.3) is 0 Å². The van der Waals surface area contributed by atoms with Crippen LogP contribution >= 0.6 is 0 Å². The molecule has 0 aromatic carbocycles. The molecule has 0 bridgehead atoms. The molecule has 0 fully saturated rings. The van der Waals surface area contributed by atoms with Crippen molar-refractivity contribution < 1.29 is 0 Å². The monoisotopic (exact) mass is 300 g/mol. The van der Waals surface area contributed by atoms with Crippen molar-refractivity contribution in [2.24, 2.45) is 0 Å². The minimum Gasteiger partial charge on any atom is -0.0800 e. The van der Waals surface area contributed by atoms with Crippen molar-refractivity contribution in [1.82, 2.24) is 0 Å². The zero-order valence-electron chi connectivity index (χ0n) is 14.4. The Bertz CT molecular complexity index is 420. The van der Waals surface area contributed by atoms with Crippen LogP contribution in [-0.4, -0.2) is 8.07 Å². The van der Waals surface area contributed by atoms with Crippen LogP contribution in [0.15, 0.2) is 47.6 Å². The minimum atomic E-state index is -1.37. The maximum absolute atomic E-state index is 2.60. The maximum Gasteiger partial charge on any atom is 0.0706 e. The average molecular weight is 301 g/mol. The summed E-state index contributed by atoms with van der Waals surface area (Å²) >= 11 is 0. The summed E-state index contributed by atoms with van der Waals surface area (Å²) in [5.74, 6) is 0. The van der Waals surface area contributed by atoms with Crippen LogP contribution in [0, 0.1) is 0 Å². The van der Waals surface area contributed by atoms with Gasteiger partial charge in [0.2, 0.25) is 0 Å². The molecule has 1 heteroatoms. The first-order valence-electron chi connectivity index (χ1n) is 8.85. The molecule has 116 valence electrons. The molecule has 0 aliphatic heterocycles. The van der Waals surface area contributed by atoms with E-state index >= 15 is 0 Å². The largest absolute Gasteiger partial charge is 0.0800 e. The van der Waals surface area contributed by atoms with Gasteiger partial charge in [0.1, 0.15) is 0 Å². The fourth-order valence-electron chi connectivity index (χ4n) is 3.92. The van der Waals surface area contributed by atoms with Crippen LogP contribution < -0.4 is 0 Å². The van der Waals surface area contributed by atoms with Crippen LogP contribution in [0.3, 0.4) is 0 Å². The van der Waals surface area contributed by atoms with Gasteiger partial charge in [-0.3, -0.25) is 0 Å². The number of hydrogen-bond donors (Lipinski definition) is 0. The molecule has 2 unspecified atom stereocenters. The second-order valence-electron chi connectivity index (χ2n) is 7.24. The van der Waals surface area contributed by atoms with E-state index in [1.807, 2.05) is 0 Å². The quantitative estimate of drug-likeness (QED) is 0.432. The van der Waals surface area contributed by atoms with Gasteiger partial charge in [0.05, 0.1) is 8.07 Å². The Labute approximate surface area is 132 Å². The highest BCUT2D eigenvalue weighted by atomic mass is 28.3. The van der Waals surface area contributed by atoms with E-state index in [-0.39, 0.29) is 0 Å². The van der Waals surface area contributed by atoms with Gasteiger partial charge in [-0.25, -0.2) is 0 Å². The maximum atomic E-state index is 2.60. The Kier molecular flexibility index (Phi) is 5.86. The van der Waals surface area contributed by atoms with E-state index in [0.29, 0.717) is 0 Å². The lowest BCUT2D eigenvalue weighted by molar-refractivity contribution is 0.762.